The van der Waals surface area contributed by atoms with Crippen LogP contribution in [0.1, 0.15) is 26.2 Å². The van der Waals surface area contributed by atoms with Gasteiger partial charge < -0.3 is 10.1 Å². The van der Waals surface area contributed by atoms with E-state index in [1.165, 1.54) is 16.4 Å². The topological polar surface area (TPSA) is 75.7 Å². The highest BCUT2D eigenvalue weighted by Crippen LogP contribution is 2.32. The Morgan fingerprint density at radius 2 is 1.93 bits per heavy atom. The van der Waals surface area contributed by atoms with Gasteiger partial charge in [-0.2, -0.15) is 0 Å². The van der Waals surface area contributed by atoms with Crippen molar-refractivity contribution in [2.45, 2.75) is 37.1 Å². The number of carbonyl (C=O) groups excluding carboxylic acids is 1. The van der Waals surface area contributed by atoms with E-state index in [2.05, 4.69) is 5.32 Å². The van der Waals surface area contributed by atoms with Gasteiger partial charge in [0, 0.05) is 24.0 Å². The number of carbonyl (C=O) groups is 1. The Morgan fingerprint density at radius 3 is 2.52 bits per heavy atom. The third-order valence-corrected chi connectivity index (χ3v) is 7.06. The van der Waals surface area contributed by atoms with E-state index in [-0.39, 0.29) is 29.8 Å². The maximum absolute atomic E-state index is 13.3. The molecule has 1 aliphatic rings. The van der Waals surface area contributed by atoms with Gasteiger partial charge in [-0.15, -0.1) is 0 Å². The molecular weight excluding hydrogens is 412 g/mol. The van der Waals surface area contributed by atoms with E-state index in [9.17, 15) is 13.2 Å². The predicted molar refractivity (Wildman–Crippen MR) is 114 cm³/mol. The lowest BCUT2D eigenvalue weighted by molar-refractivity contribution is -0.121. The van der Waals surface area contributed by atoms with Crippen molar-refractivity contribution in [2.24, 2.45) is 5.92 Å². The van der Waals surface area contributed by atoms with Gasteiger partial charge in [0.1, 0.15) is 5.75 Å². The normalized spacial score (nSPS) is 14.9. The summed E-state index contributed by atoms with van der Waals surface area (Å²) in [4.78, 5) is 12.4. The molecule has 1 fully saturated rings. The van der Waals surface area contributed by atoms with Gasteiger partial charge in [-0.3, -0.25) is 9.10 Å². The number of nitrogens with zero attached hydrogens (tertiary/aromatic N) is 1. The number of anilines is 1. The lowest BCUT2D eigenvalue weighted by atomic mass is 10.2. The van der Waals surface area contributed by atoms with Crippen LogP contribution in [0.3, 0.4) is 0 Å². The molecule has 3 rings (SSSR count). The maximum atomic E-state index is 13.3. The number of halogens is 1. The summed E-state index contributed by atoms with van der Waals surface area (Å²) in [5, 5.41) is 3.30. The summed E-state index contributed by atoms with van der Waals surface area (Å²) in [7, 11) is -2.35. The summed E-state index contributed by atoms with van der Waals surface area (Å²) in [6.45, 7) is 2.00. The highest BCUT2D eigenvalue weighted by atomic mass is 35.5. The fourth-order valence-electron chi connectivity index (χ4n) is 3.13. The van der Waals surface area contributed by atoms with Crippen LogP contribution in [0.25, 0.3) is 0 Å². The van der Waals surface area contributed by atoms with Gasteiger partial charge in [-0.05, 0) is 68.1 Å². The molecule has 1 saturated carbocycles. The maximum Gasteiger partial charge on any atom is 0.264 e. The monoisotopic (exact) mass is 436 g/mol. The highest BCUT2D eigenvalue weighted by Gasteiger charge is 2.30. The molecule has 2 aromatic carbocycles. The average Bonchev–Trinajstić information content (AvgIpc) is 3.54. The van der Waals surface area contributed by atoms with Crippen LogP contribution in [0.4, 0.5) is 5.69 Å². The Bertz CT molecular complexity index is 959. The average molecular weight is 437 g/mol. The van der Waals surface area contributed by atoms with Crippen LogP contribution >= 0.6 is 11.6 Å². The molecule has 1 atom stereocenters. The number of hydrogen-bond acceptors (Lipinski definition) is 4. The van der Waals surface area contributed by atoms with Gasteiger partial charge >= 0.3 is 0 Å². The van der Waals surface area contributed by atoms with Crippen LogP contribution in [0.5, 0.6) is 5.75 Å². The lowest BCUT2D eigenvalue weighted by Crippen LogP contribution is -2.38. The fourth-order valence-corrected chi connectivity index (χ4v) is 4.90. The van der Waals surface area contributed by atoms with Gasteiger partial charge in [0.25, 0.3) is 10.0 Å². The molecule has 8 heteroatoms. The Balaban J connectivity index is 1.83. The van der Waals surface area contributed by atoms with Crippen LogP contribution in [0, 0.1) is 5.92 Å². The molecule has 0 radical (unpaired) electrons. The molecule has 1 aliphatic carbocycles. The number of methoxy groups -OCH3 is 1. The Morgan fingerprint density at radius 1 is 1.24 bits per heavy atom. The second-order valence-electron chi connectivity index (χ2n) is 7.18. The molecule has 1 amide bonds. The second kappa shape index (κ2) is 9.05. The fraction of sp³-hybridized carbons (Fsp3) is 0.381. The number of ether oxygens (including phenoxy) is 1. The summed E-state index contributed by atoms with van der Waals surface area (Å²) in [6, 6.07) is 12.9. The van der Waals surface area contributed by atoms with Gasteiger partial charge in [-0.1, -0.05) is 17.7 Å². The van der Waals surface area contributed by atoms with Crippen LogP contribution in [-0.2, 0) is 14.8 Å². The number of benzene rings is 2. The standard InChI is InChI=1S/C21H25ClN2O4S/c1-15(16-6-7-16)23-21(25)12-13-24(18-8-10-19(28-2)11-9-18)29(26,27)20-5-3-4-17(22)14-20/h3-5,8-11,14-16H,6-7,12-13H2,1-2H3,(H,23,25)/t15-/m1/s1. The van der Waals surface area contributed by atoms with Crippen molar-refractivity contribution < 1.29 is 17.9 Å². The quantitative estimate of drug-likeness (QED) is 0.647. The number of nitrogens with one attached hydrogen (secondary N) is 1. The molecule has 0 bridgehead atoms. The van der Waals surface area contributed by atoms with Gasteiger partial charge in [0.2, 0.25) is 5.91 Å². The van der Waals surface area contributed by atoms with Crippen molar-refractivity contribution in [3.63, 3.8) is 0 Å². The first-order valence-electron chi connectivity index (χ1n) is 9.53. The smallest absolute Gasteiger partial charge is 0.264 e. The summed E-state index contributed by atoms with van der Waals surface area (Å²) >= 11 is 6.00. The Hall–Kier alpha value is -2.25. The largest absolute Gasteiger partial charge is 0.497 e. The van der Waals surface area contributed by atoms with Crippen LogP contribution in [0.2, 0.25) is 5.02 Å². The predicted octanol–water partition coefficient (Wildman–Crippen LogP) is 3.85. The number of hydrogen-bond donors (Lipinski definition) is 1. The molecule has 0 unspecified atom stereocenters. The van der Waals surface area contributed by atoms with E-state index < -0.39 is 10.0 Å². The Kier molecular flexibility index (Phi) is 6.70. The minimum absolute atomic E-state index is 0.0182. The highest BCUT2D eigenvalue weighted by molar-refractivity contribution is 7.92. The molecule has 0 spiro atoms. The minimum Gasteiger partial charge on any atom is -0.497 e. The van der Waals surface area contributed by atoms with Crippen molar-refractivity contribution in [3.05, 3.63) is 53.6 Å². The minimum atomic E-state index is -3.90. The SMILES string of the molecule is COc1ccc(N(CCC(=O)N[C@H](C)C2CC2)S(=O)(=O)c2cccc(Cl)c2)cc1. The van der Waals surface area contributed by atoms with Crippen LogP contribution in [0.15, 0.2) is 53.4 Å². The van der Waals surface area contributed by atoms with Crippen LogP contribution < -0.4 is 14.4 Å². The van der Waals surface area contributed by atoms with E-state index in [1.807, 2.05) is 6.92 Å². The third kappa shape index (κ3) is 5.42. The Labute approximate surface area is 176 Å². The van der Waals surface area contributed by atoms with Gasteiger partial charge in [0.15, 0.2) is 0 Å². The van der Waals surface area contributed by atoms with Gasteiger partial charge in [0.05, 0.1) is 17.7 Å². The van der Waals surface area contributed by atoms with E-state index in [0.717, 1.165) is 12.8 Å². The first-order chi connectivity index (χ1) is 13.8. The van der Waals surface area contributed by atoms with E-state index in [0.29, 0.717) is 22.4 Å². The molecule has 29 heavy (non-hydrogen) atoms. The first kappa shape index (κ1) is 21.5. The first-order valence-corrected chi connectivity index (χ1v) is 11.3. The number of rotatable bonds is 9. The molecular formula is C21H25ClN2O4S. The van der Waals surface area contributed by atoms with Crippen molar-refractivity contribution in [2.75, 3.05) is 18.0 Å². The van der Waals surface area contributed by atoms with E-state index in [1.54, 1.807) is 43.5 Å². The summed E-state index contributed by atoms with van der Waals surface area (Å²) < 4.78 is 33.0. The molecule has 0 aromatic heterocycles. The molecule has 0 saturated heterocycles. The van der Waals surface area contributed by atoms with Crippen molar-refractivity contribution >= 4 is 33.2 Å². The van der Waals surface area contributed by atoms with Crippen LogP contribution in [-0.4, -0.2) is 34.0 Å². The molecule has 156 valence electrons. The summed E-state index contributed by atoms with van der Waals surface area (Å²) in [5.74, 6) is 0.987. The summed E-state index contributed by atoms with van der Waals surface area (Å²) in [6.07, 6.45) is 2.31. The molecule has 0 heterocycles. The molecule has 6 nitrogen and oxygen atoms in total. The zero-order chi connectivity index (χ0) is 21.0. The zero-order valence-electron chi connectivity index (χ0n) is 16.5. The second-order valence-corrected chi connectivity index (χ2v) is 9.47. The summed E-state index contributed by atoms with van der Waals surface area (Å²) in [5.41, 5.74) is 0.453. The van der Waals surface area contributed by atoms with Crippen molar-refractivity contribution in [1.82, 2.24) is 5.32 Å². The van der Waals surface area contributed by atoms with E-state index in [4.69, 9.17) is 16.3 Å². The molecule has 2 aromatic rings. The van der Waals surface area contributed by atoms with Crippen molar-refractivity contribution in [3.8, 4) is 5.75 Å². The number of sulfonamides is 1. The molecule has 0 aliphatic heterocycles. The van der Waals surface area contributed by atoms with Gasteiger partial charge in [-0.25, -0.2) is 8.42 Å². The third-order valence-electron chi connectivity index (χ3n) is 5.00. The zero-order valence-corrected chi connectivity index (χ0v) is 18.0. The van der Waals surface area contributed by atoms with Crippen molar-refractivity contribution in [1.29, 1.82) is 0 Å². The lowest BCUT2D eigenvalue weighted by Gasteiger charge is -2.25. The molecule has 1 N–H and O–H groups in total. The van der Waals surface area contributed by atoms with E-state index >= 15 is 0 Å². The number of amides is 1.